The number of benzene rings is 2. The summed E-state index contributed by atoms with van der Waals surface area (Å²) in [6.07, 6.45) is 1.65. The number of anilines is 1. The second-order valence-electron chi connectivity index (χ2n) is 5.50. The van der Waals surface area contributed by atoms with Gasteiger partial charge in [-0.3, -0.25) is 9.59 Å². The van der Waals surface area contributed by atoms with Gasteiger partial charge < -0.3 is 16.8 Å². The van der Waals surface area contributed by atoms with E-state index in [4.69, 9.17) is 11.5 Å². The van der Waals surface area contributed by atoms with Crippen molar-refractivity contribution in [3.8, 4) is 0 Å². The Morgan fingerprint density at radius 1 is 1.13 bits per heavy atom. The maximum atomic E-state index is 12.1. The molecule has 2 amide bonds. The number of carbonyl (C=O) groups excluding carboxylic acids is 2. The molecule has 0 aromatic heterocycles. The molecule has 0 saturated carbocycles. The van der Waals surface area contributed by atoms with Crippen LogP contribution in [0.3, 0.4) is 0 Å². The maximum Gasteiger partial charge on any atom is 0.251 e. The van der Waals surface area contributed by atoms with Gasteiger partial charge in [-0.15, -0.1) is 0 Å². The lowest BCUT2D eigenvalue weighted by Gasteiger charge is -2.08. The van der Waals surface area contributed by atoms with E-state index in [9.17, 15) is 9.59 Å². The Balaban J connectivity index is 1.88. The highest BCUT2D eigenvalue weighted by Crippen LogP contribution is 2.11. The van der Waals surface area contributed by atoms with Gasteiger partial charge in [0.2, 0.25) is 5.91 Å². The summed E-state index contributed by atoms with van der Waals surface area (Å²) in [7, 11) is 0. The number of primary amides is 1. The van der Waals surface area contributed by atoms with E-state index in [1.165, 1.54) is 6.07 Å². The summed E-state index contributed by atoms with van der Waals surface area (Å²) in [4.78, 5) is 23.4. The van der Waals surface area contributed by atoms with Crippen molar-refractivity contribution in [2.45, 2.75) is 19.8 Å². The fraction of sp³-hybridized carbons (Fsp3) is 0.222. The van der Waals surface area contributed by atoms with Crippen LogP contribution in [0.15, 0.2) is 42.5 Å². The molecule has 5 heteroatoms. The van der Waals surface area contributed by atoms with Gasteiger partial charge in [0.15, 0.2) is 0 Å². The number of amides is 2. The van der Waals surface area contributed by atoms with Crippen LogP contribution in [0.1, 0.15) is 38.3 Å². The minimum absolute atomic E-state index is 0.208. The lowest BCUT2D eigenvalue weighted by atomic mass is 10.0. The zero-order valence-electron chi connectivity index (χ0n) is 13.1. The van der Waals surface area contributed by atoms with Crippen LogP contribution >= 0.6 is 0 Å². The minimum Gasteiger partial charge on any atom is -0.399 e. The fourth-order valence-corrected chi connectivity index (χ4v) is 2.37. The largest absolute Gasteiger partial charge is 0.399 e. The van der Waals surface area contributed by atoms with Crippen molar-refractivity contribution in [1.82, 2.24) is 5.32 Å². The molecule has 0 bridgehead atoms. The standard InChI is InChI=1S/C18H21N3O2/c1-12-7-8-14(11-16(12)17(20)22)18(23)21-9-3-5-13-4-2-6-15(19)10-13/h2,4,6-8,10-11H,3,5,9,19H2,1H3,(H2,20,22)(H,21,23). The van der Waals surface area contributed by atoms with E-state index in [-0.39, 0.29) is 5.91 Å². The second kappa shape index (κ2) is 7.45. The van der Waals surface area contributed by atoms with Crippen molar-refractivity contribution in [2.24, 2.45) is 5.73 Å². The number of hydrogen-bond acceptors (Lipinski definition) is 3. The van der Waals surface area contributed by atoms with Crippen molar-refractivity contribution in [2.75, 3.05) is 12.3 Å². The van der Waals surface area contributed by atoms with Gasteiger partial charge in [0, 0.05) is 23.4 Å². The third-order valence-corrected chi connectivity index (χ3v) is 3.64. The molecule has 0 aliphatic rings. The normalized spacial score (nSPS) is 10.3. The minimum atomic E-state index is -0.529. The predicted octanol–water partition coefficient (Wildman–Crippen LogP) is 2.04. The number of nitrogens with one attached hydrogen (secondary N) is 1. The van der Waals surface area contributed by atoms with Crippen molar-refractivity contribution >= 4 is 17.5 Å². The van der Waals surface area contributed by atoms with Gasteiger partial charge in [-0.2, -0.15) is 0 Å². The first kappa shape index (κ1) is 16.5. The molecule has 120 valence electrons. The summed E-state index contributed by atoms with van der Waals surface area (Å²) < 4.78 is 0. The molecular weight excluding hydrogens is 290 g/mol. The molecule has 0 fully saturated rings. The van der Waals surface area contributed by atoms with Gasteiger partial charge in [-0.25, -0.2) is 0 Å². The zero-order chi connectivity index (χ0) is 16.8. The topological polar surface area (TPSA) is 98.2 Å². The van der Waals surface area contributed by atoms with Gasteiger partial charge in [-0.1, -0.05) is 18.2 Å². The molecule has 2 aromatic carbocycles. The smallest absolute Gasteiger partial charge is 0.251 e. The van der Waals surface area contributed by atoms with E-state index in [1.807, 2.05) is 24.3 Å². The highest BCUT2D eigenvalue weighted by atomic mass is 16.2. The summed E-state index contributed by atoms with van der Waals surface area (Å²) in [5.74, 6) is -0.737. The molecule has 0 aliphatic carbocycles. The fourth-order valence-electron chi connectivity index (χ4n) is 2.37. The van der Waals surface area contributed by atoms with Crippen LogP contribution in [-0.4, -0.2) is 18.4 Å². The average molecular weight is 311 g/mol. The van der Waals surface area contributed by atoms with Gasteiger partial charge in [-0.05, 0) is 55.2 Å². The van der Waals surface area contributed by atoms with Crippen LogP contribution in [0.25, 0.3) is 0 Å². The van der Waals surface area contributed by atoms with E-state index in [0.29, 0.717) is 17.7 Å². The van der Waals surface area contributed by atoms with Crippen LogP contribution in [0, 0.1) is 6.92 Å². The van der Waals surface area contributed by atoms with Crippen LogP contribution in [0.4, 0.5) is 5.69 Å². The molecule has 0 atom stereocenters. The number of carbonyl (C=O) groups is 2. The van der Waals surface area contributed by atoms with Gasteiger partial charge in [0.1, 0.15) is 0 Å². The Bertz CT molecular complexity index is 726. The Hall–Kier alpha value is -2.82. The van der Waals surface area contributed by atoms with Crippen molar-refractivity contribution in [1.29, 1.82) is 0 Å². The van der Waals surface area contributed by atoms with Gasteiger partial charge >= 0.3 is 0 Å². The number of aryl methyl sites for hydroxylation is 2. The highest BCUT2D eigenvalue weighted by Gasteiger charge is 2.10. The maximum absolute atomic E-state index is 12.1. The van der Waals surface area contributed by atoms with Crippen LogP contribution in [0.5, 0.6) is 0 Å². The summed E-state index contributed by atoms with van der Waals surface area (Å²) in [5.41, 5.74) is 14.5. The molecule has 2 aromatic rings. The van der Waals surface area contributed by atoms with Crippen molar-refractivity contribution in [3.63, 3.8) is 0 Å². The van der Waals surface area contributed by atoms with Crippen molar-refractivity contribution < 1.29 is 9.59 Å². The van der Waals surface area contributed by atoms with E-state index < -0.39 is 5.91 Å². The second-order valence-corrected chi connectivity index (χ2v) is 5.50. The zero-order valence-corrected chi connectivity index (χ0v) is 13.1. The molecule has 2 rings (SSSR count). The number of nitrogens with two attached hydrogens (primary N) is 2. The lowest BCUT2D eigenvalue weighted by molar-refractivity contribution is 0.0953. The van der Waals surface area contributed by atoms with Gasteiger partial charge in [0.25, 0.3) is 5.91 Å². The number of hydrogen-bond donors (Lipinski definition) is 3. The monoisotopic (exact) mass is 311 g/mol. The SMILES string of the molecule is Cc1ccc(C(=O)NCCCc2cccc(N)c2)cc1C(N)=O. The third kappa shape index (κ3) is 4.57. The Morgan fingerprint density at radius 2 is 1.91 bits per heavy atom. The van der Waals surface area contributed by atoms with E-state index in [0.717, 1.165) is 29.7 Å². The third-order valence-electron chi connectivity index (χ3n) is 3.64. The molecule has 0 heterocycles. The highest BCUT2D eigenvalue weighted by molar-refractivity contribution is 5.99. The summed E-state index contributed by atoms with van der Waals surface area (Å²) >= 11 is 0. The Kier molecular flexibility index (Phi) is 5.36. The Labute approximate surface area is 135 Å². The molecular formula is C18H21N3O2. The van der Waals surface area contributed by atoms with Crippen LogP contribution in [-0.2, 0) is 6.42 Å². The lowest BCUT2D eigenvalue weighted by Crippen LogP contribution is -2.25. The number of nitrogen functional groups attached to an aromatic ring is 1. The van der Waals surface area contributed by atoms with Crippen LogP contribution in [0.2, 0.25) is 0 Å². The van der Waals surface area contributed by atoms with Gasteiger partial charge in [0.05, 0.1) is 0 Å². The molecule has 5 N–H and O–H groups in total. The van der Waals surface area contributed by atoms with E-state index in [2.05, 4.69) is 5.32 Å². The molecule has 0 spiro atoms. The first-order valence-electron chi connectivity index (χ1n) is 7.50. The summed E-state index contributed by atoms with van der Waals surface area (Å²) in [5, 5.41) is 2.85. The molecule has 0 radical (unpaired) electrons. The average Bonchev–Trinajstić information content (AvgIpc) is 2.51. The molecule has 5 nitrogen and oxygen atoms in total. The van der Waals surface area contributed by atoms with Crippen molar-refractivity contribution in [3.05, 3.63) is 64.7 Å². The molecule has 0 unspecified atom stereocenters. The summed E-state index contributed by atoms with van der Waals surface area (Å²) in [6, 6.07) is 12.7. The van der Waals surface area contributed by atoms with Crippen LogP contribution < -0.4 is 16.8 Å². The van der Waals surface area contributed by atoms with E-state index in [1.54, 1.807) is 19.1 Å². The predicted molar refractivity (Wildman–Crippen MR) is 91.2 cm³/mol. The molecule has 0 aliphatic heterocycles. The first-order valence-corrected chi connectivity index (χ1v) is 7.50. The Morgan fingerprint density at radius 3 is 2.61 bits per heavy atom. The number of rotatable bonds is 6. The summed E-state index contributed by atoms with van der Waals surface area (Å²) in [6.45, 7) is 2.33. The first-order chi connectivity index (χ1) is 11.0. The quantitative estimate of drug-likeness (QED) is 0.562. The molecule has 23 heavy (non-hydrogen) atoms. The molecule has 0 saturated heterocycles. The van der Waals surface area contributed by atoms with E-state index >= 15 is 0 Å².